The molecule has 0 atom stereocenters. The van der Waals surface area contributed by atoms with Crippen LogP contribution in [0, 0.1) is 0 Å². The molecule has 1 aliphatic heterocycles. The second-order valence-corrected chi connectivity index (χ2v) is 10.0. The fourth-order valence-electron chi connectivity index (χ4n) is 4.77. The minimum atomic E-state index is -0.0211. The summed E-state index contributed by atoms with van der Waals surface area (Å²) in [5, 5.41) is 0.911. The van der Waals surface area contributed by atoms with Crippen LogP contribution in [0.2, 0.25) is 0 Å². The molecule has 0 radical (unpaired) electrons. The SMILES string of the molecule is COc1ccc2c(C(=O)c3ccc(OCCN4CCCCC4)cc3)c(-c3ccccc3OC)sc2c1. The molecule has 0 saturated carbocycles. The Morgan fingerprint density at radius 3 is 2.39 bits per heavy atom. The van der Waals surface area contributed by atoms with E-state index in [4.69, 9.17) is 14.2 Å². The van der Waals surface area contributed by atoms with Crippen LogP contribution in [0.15, 0.2) is 66.7 Å². The molecule has 0 bridgehead atoms. The van der Waals surface area contributed by atoms with Gasteiger partial charge in [0.25, 0.3) is 0 Å². The maximum Gasteiger partial charge on any atom is 0.195 e. The van der Waals surface area contributed by atoms with E-state index in [1.807, 2.05) is 66.7 Å². The predicted molar refractivity (Wildman–Crippen MR) is 146 cm³/mol. The molecule has 3 aromatic carbocycles. The lowest BCUT2D eigenvalue weighted by Crippen LogP contribution is -2.33. The number of carbonyl (C=O) groups excluding carboxylic acids is 1. The second-order valence-electron chi connectivity index (χ2n) is 8.97. The van der Waals surface area contributed by atoms with E-state index in [0.29, 0.717) is 17.7 Å². The van der Waals surface area contributed by atoms with Crippen molar-refractivity contribution in [2.45, 2.75) is 19.3 Å². The largest absolute Gasteiger partial charge is 0.497 e. The third-order valence-corrected chi connectivity index (χ3v) is 7.90. The van der Waals surface area contributed by atoms with Gasteiger partial charge in [-0.2, -0.15) is 0 Å². The first kappa shape index (κ1) is 24.3. The Bertz CT molecular complexity index is 1340. The van der Waals surface area contributed by atoms with Gasteiger partial charge in [0, 0.05) is 33.3 Å². The lowest BCUT2D eigenvalue weighted by Gasteiger charge is -2.26. The molecule has 1 aromatic heterocycles. The second kappa shape index (κ2) is 11.1. The summed E-state index contributed by atoms with van der Waals surface area (Å²) in [6.45, 7) is 3.91. The van der Waals surface area contributed by atoms with Gasteiger partial charge < -0.3 is 14.2 Å². The standard InChI is InChI=1S/C30H31NO4S/c1-33-23-14-15-25-27(20-23)36-30(24-8-4-5-9-26(24)34-2)28(25)29(32)21-10-12-22(13-11-21)35-19-18-31-16-6-3-7-17-31/h4-5,8-15,20H,3,6-7,16-19H2,1-2H3. The number of rotatable bonds is 9. The molecule has 5 nitrogen and oxygen atoms in total. The Labute approximate surface area is 216 Å². The average Bonchev–Trinajstić information content (AvgIpc) is 3.32. The number of ether oxygens (including phenoxy) is 3. The molecule has 0 N–H and O–H groups in total. The predicted octanol–water partition coefficient (Wildman–Crippen LogP) is 6.68. The van der Waals surface area contributed by atoms with Gasteiger partial charge in [-0.15, -0.1) is 11.3 Å². The van der Waals surface area contributed by atoms with E-state index in [0.717, 1.165) is 57.4 Å². The quantitative estimate of drug-likeness (QED) is 0.239. The zero-order valence-corrected chi connectivity index (χ0v) is 21.6. The number of benzene rings is 3. The number of para-hydroxylation sites is 1. The minimum Gasteiger partial charge on any atom is -0.497 e. The van der Waals surface area contributed by atoms with E-state index < -0.39 is 0 Å². The van der Waals surface area contributed by atoms with Gasteiger partial charge in [-0.05, 0) is 80.5 Å². The van der Waals surface area contributed by atoms with Crippen LogP contribution in [0.25, 0.3) is 20.5 Å². The van der Waals surface area contributed by atoms with E-state index in [1.54, 1.807) is 25.6 Å². The normalized spacial score (nSPS) is 14.1. The highest BCUT2D eigenvalue weighted by atomic mass is 32.1. The molecule has 2 heterocycles. The van der Waals surface area contributed by atoms with Gasteiger partial charge in [-0.3, -0.25) is 9.69 Å². The molecule has 1 saturated heterocycles. The summed E-state index contributed by atoms with van der Waals surface area (Å²) in [4.78, 5) is 17.2. The van der Waals surface area contributed by atoms with Crippen LogP contribution in [0.5, 0.6) is 17.2 Å². The zero-order chi connectivity index (χ0) is 24.9. The number of hydrogen-bond donors (Lipinski definition) is 0. The molecular weight excluding hydrogens is 470 g/mol. The molecule has 5 rings (SSSR count). The molecule has 6 heteroatoms. The number of ketones is 1. The molecule has 0 unspecified atom stereocenters. The van der Waals surface area contributed by atoms with Crippen LogP contribution in [0.1, 0.15) is 35.2 Å². The van der Waals surface area contributed by atoms with E-state index in [-0.39, 0.29) is 5.78 Å². The van der Waals surface area contributed by atoms with Gasteiger partial charge in [0.15, 0.2) is 5.78 Å². The van der Waals surface area contributed by atoms with Crippen molar-refractivity contribution in [1.82, 2.24) is 4.90 Å². The highest BCUT2D eigenvalue weighted by molar-refractivity contribution is 7.22. The topological polar surface area (TPSA) is 48.0 Å². The summed E-state index contributed by atoms with van der Waals surface area (Å²) in [5.74, 6) is 2.27. The number of methoxy groups -OCH3 is 2. The summed E-state index contributed by atoms with van der Waals surface area (Å²) in [5.41, 5.74) is 2.21. The lowest BCUT2D eigenvalue weighted by molar-refractivity contribution is 0.104. The molecule has 1 aliphatic rings. The third-order valence-electron chi connectivity index (χ3n) is 6.72. The van der Waals surface area contributed by atoms with Crippen molar-refractivity contribution in [2.24, 2.45) is 0 Å². The van der Waals surface area contributed by atoms with Gasteiger partial charge in [-0.1, -0.05) is 18.6 Å². The molecule has 0 aliphatic carbocycles. The van der Waals surface area contributed by atoms with Gasteiger partial charge in [-0.25, -0.2) is 0 Å². The fraction of sp³-hybridized carbons (Fsp3) is 0.300. The highest BCUT2D eigenvalue weighted by Crippen LogP contribution is 2.44. The van der Waals surface area contributed by atoms with Crippen LogP contribution < -0.4 is 14.2 Å². The Morgan fingerprint density at radius 2 is 1.64 bits per heavy atom. The maximum absolute atomic E-state index is 13.9. The van der Waals surface area contributed by atoms with Crippen molar-refractivity contribution < 1.29 is 19.0 Å². The molecule has 0 spiro atoms. The maximum atomic E-state index is 13.9. The fourth-order valence-corrected chi connectivity index (χ4v) is 6.03. The van der Waals surface area contributed by atoms with Crippen LogP contribution in [0.3, 0.4) is 0 Å². The summed E-state index contributed by atoms with van der Waals surface area (Å²) >= 11 is 1.58. The van der Waals surface area contributed by atoms with Crippen molar-refractivity contribution in [3.8, 4) is 27.7 Å². The van der Waals surface area contributed by atoms with Gasteiger partial charge >= 0.3 is 0 Å². The third kappa shape index (κ3) is 5.11. The van der Waals surface area contributed by atoms with Crippen LogP contribution in [-0.4, -0.2) is 51.1 Å². The number of nitrogens with zero attached hydrogens (tertiary/aromatic N) is 1. The van der Waals surface area contributed by atoms with E-state index in [1.165, 1.54) is 19.3 Å². The first-order chi connectivity index (χ1) is 17.7. The smallest absolute Gasteiger partial charge is 0.195 e. The van der Waals surface area contributed by atoms with Crippen molar-refractivity contribution in [1.29, 1.82) is 0 Å². The van der Waals surface area contributed by atoms with Gasteiger partial charge in [0.2, 0.25) is 0 Å². The van der Waals surface area contributed by atoms with Crippen LogP contribution >= 0.6 is 11.3 Å². The lowest BCUT2D eigenvalue weighted by atomic mass is 9.97. The highest BCUT2D eigenvalue weighted by Gasteiger charge is 2.23. The number of piperidine rings is 1. The molecular formula is C30H31NO4S. The molecule has 1 fully saturated rings. The first-order valence-corrected chi connectivity index (χ1v) is 13.2. The summed E-state index contributed by atoms with van der Waals surface area (Å²) in [7, 11) is 3.30. The number of thiophene rings is 1. The number of fused-ring (bicyclic) bond motifs is 1. The Balaban J connectivity index is 1.43. The average molecular weight is 502 g/mol. The minimum absolute atomic E-state index is 0.0211. The summed E-state index contributed by atoms with van der Waals surface area (Å²) in [6, 6.07) is 21.2. The Morgan fingerprint density at radius 1 is 0.889 bits per heavy atom. The van der Waals surface area contributed by atoms with Crippen LogP contribution in [0.4, 0.5) is 0 Å². The molecule has 0 amide bonds. The number of hydrogen-bond acceptors (Lipinski definition) is 6. The zero-order valence-electron chi connectivity index (χ0n) is 20.8. The van der Waals surface area contributed by atoms with Crippen molar-refractivity contribution >= 4 is 27.2 Å². The Hall–Kier alpha value is -3.35. The van der Waals surface area contributed by atoms with Gasteiger partial charge in [0.05, 0.1) is 19.1 Å². The van der Waals surface area contributed by atoms with E-state index >= 15 is 0 Å². The summed E-state index contributed by atoms with van der Waals surface area (Å²) < 4.78 is 18.0. The van der Waals surface area contributed by atoms with Crippen LogP contribution in [-0.2, 0) is 0 Å². The number of carbonyl (C=O) groups is 1. The first-order valence-electron chi connectivity index (χ1n) is 12.4. The Kier molecular flexibility index (Phi) is 7.54. The number of likely N-dealkylation sites (tertiary alicyclic amines) is 1. The van der Waals surface area contributed by atoms with E-state index in [9.17, 15) is 4.79 Å². The van der Waals surface area contributed by atoms with E-state index in [2.05, 4.69) is 4.90 Å². The molecule has 36 heavy (non-hydrogen) atoms. The molecule has 4 aromatic rings. The summed E-state index contributed by atoms with van der Waals surface area (Å²) in [6.07, 6.45) is 3.88. The molecule has 186 valence electrons. The van der Waals surface area contributed by atoms with Crippen molar-refractivity contribution in [2.75, 3.05) is 40.5 Å². The van der Waals surface area contributed by atoms with Crippen molar-refractivity contribution in [3.05, 3.63) is 77.9 Å². The monoisotopic (exact) mass is 501 g/mol. The van der Waals surface area contributed by atoms with Crippen molar-refractivity contribution in [3.63, 3.8) is 0 Å². The van der Waals surface area contributed by atoms with Gasteiger partial charge in [0.1, 0.15) is 23.9 Å².